The smallest absolute Gasteiger partial charge is 0.194 e. The van der Waals surface area contributed by atoms with Crippen LogP contribution in [0.5, 0.6) is 0 Å². The van der Waals surface area contributed by atoms with E-state index in [0.717, 1.165) is 22.5 Å². The fourth-order valence-corrected chi connectivity index (χ4v) is 3.47. The van der Waals surface area contributed by atoms with Gasteiger partial charge in [-0.25, -0.2) is 0 Å². The van der Waals surface area contributed by atoms with Crippen LogP contribution in [0.1, 0.15) is 16.7 Å². The van der Waals surface area contributed by atoms with Gasteiger partial charge < -0.3 is 10.0 Å². The van der Waals surface area contributed by atoms with Crippen molar-refractivity contribution in [1.82, 2.24) is 4.90 Å². The number of aliphatic imine (C=N–C) groups is 1. The normalized spacial score (nSPS) is 23.5. The molecule has 1 atom stereocenters. The highest BCUT2D eigenvalue weighted by atomic mass is 35.5. The van der Waals surface area contributed by atoms with E-state index >= 15 is 0 Å². The fraction of sp³-hybridized carbons (Fsp3) is 0.188. The van der Waals surface area contributed by atoms with Gasteiger partial charge in [-0.1, -0.05) is 54.1 Å². The first-order valence-corrected chi connectivity index (χ1v) is 7.00. The zero-order valence-electron chi connectivity index (χ0n) is 10.8. The third kappa shape index (κ3) is 1.37. The molecule has 100 valence electrons. The second kappa shape index (κ2) is 4.08. The van der Waals surface area contributed by atoms with Crippen LogP contribution in [0.15, 0.2) is 53.5 Å². The summed E-state index contributed by atoms with van der Waals surface area (Å²) >= 11 is 6.37. The molecule has 0 saturated heterocycles. The van der Waals surface area contributed by atoms with Crippen molar-refractivity contribution >= 4 is 17.4 Å². The van der Waals surface area contributed by atoms with Gasteiger partial charge in [0.05, 0.1) is 6.54 Å². The van der Waals surface area contributed by atoms with Crippen molar-refractivity contribution in [1.29, 1.82) is 0 Å². The van der Waals surface area contributed by atoms with E-state index < -0.39 is 5.72 Å². The molecular formula is C16H13ClN2O. The van der Waals surface area contributed by atoms with Crippen LogP contribution in [0.4, 0.5) is 0 Å². The monoisotopic (exact) mass is 284 g/mol. The maximum Gasteiger partial charge on any atom is 0.194 e. The van der Waals surface area contributed by atoms with Gasteiger partial charge in [-0.15, -0.1) is 0 Å². The summed E-state index contributed by atoms with van der Waals surface area (Å²) in [5.41, 5.74) is 1.28. The van der Waals surface area contributed by atoms with E-state index in [-0.39, 0.29) is 0 Å². The van der Waals surface area contributed by atoms with Crippen LogP contribution < -0.4 is 0 Å². The standard InChI is InChI=1S/C16H13ClN2O/c17-13-8-4-7-12-14(13)16(20,11-5-2-1-3-6-11)19-10-9-18-15(12)19/h1-8,20H,9-10H2/t16-/m0/s1. The zero-order chi connectivity index (χ0) is 13.7. The molecule has 2 aromatic carbocycles. The molecule has 2 aliphatic heterocycles. The molecular weight excluding hydrogens is 272 g/mol. The summed E-state index contributed by atoms with van der Waals surface area (Å²) in [7, 11) is 0. The lowest BCUT2D eigenvalue weighted by Gasteiger charge is -2.34. The molecule has 0 aromatic heterocycles. The second-order valence-electron chi connectivity index (χ2n) is 5.06. The third-order valence-corrected chi connectivity index (χ3v) is 4.33. The van der Waals surface area contributed by atoms with E-state index in [1.807, 2.05) is 53.4 Å². The lowest BCUT2D eigenvalue weighted by molar-refractivity contribution is -0.0241. The predicted octanol–water partition coefficient (Wildman–Crippen LogP) is 2.61. The molecule has 0 amide bonds. The van der Waals surface area contributed by atoms with Crippen LogP contribution in [0.2, 0.25) is 5.02 Å². The summed E-state index contributed by atoms with van der Waals surface area (Å²) in [6.45, 7) is 1.40. The number of halogens is 1. The Morgan fingerprint density at radius 2 is 1.90 bits per heavy atom. The third-order valence-electron chi connectivity index (χ3n) is 4.01. The molecule has 4 rings (SSSR count). The quantitative estimate of drug-likeness (QED) is 0.874. The molecule has 2 aliphatic rings. The Morgan fingerprint density at radius 3 is 2.70 bits per heavy atom. The van der Waals surface area contributed by atoms with Gasteiger partial charge in [0.15, 0.2) is 5.72 Å². The Kier molecular flexibility index (Phi) is 2.43. The minimum Gasteiger partial charge on any atom is -0.363 e. The summed E-state index contributed by atoms with van der Waals surface area (Å²) in [6, 6.07) is 15.3. The van der Waals surface area contributed by atoms with Crippen LogP contribution >= 0.6 is 11.6 Å². The van der Waals surface area contributed by atoms with E-state index in [2.05, 4.69) is 4.99 Å². The van der Waals surface area contributed by atoms with Gasteiger partial charge in [0.25, 0.3) is 0 Å². The molecule has 20 heavy (non-hydrogen) atoms. The highest BCUT2D eigenvalue weighted by molar-refractivity contribution is 6.32. The molecule has 1 N–H and O–H groups in total. The summed E-state index contributed by atoms with van der Waals surface area (Å²) in [5, 5.41) is 12.0. The number of rotatable bonds is 1. The predicted molar refractivity (Wildman–Crippen MR) is 79.0 cm³/mol. The lowest BCUT2D eigenvalue weighted by Crippen LogP contribution is -2.43. The van der Waals surface area contributed by atoms with Crippen molar-refractivity contribution in [3.8, 4) is 0 Å². The number of fused-ring (bicyclic) bond motifs is 3. The summed E-state index contributed by atoms with van der Waals surface area (Å²) in [6.07, 6.45) is 0. The van der Waals surface area contributed by atoms with Gasteiger partial charge >= 0.3 is 0 Å². The van der Waals surface area contributed by atoms with Crippen LogP contribution in [-0.4, -0.2) is 28.9 Å². The molecule has 0 radical (unpaired) electrons. The highest BCUT2D eigenvalue weighted by Crippen LogP contribution is 2.46. The van der Waals surface area contributed by atoms with Crippen molar-refractivity contribution in [2.45, 2.75) is 5.72 Å². The Balaban J connectivity index is 2.04. The molecule has 4 heteroatoms. The van der Waals surface area contributed by atoms with E-state index in [9.17, 15) is 5.11 Å². The Morgan fingerprint density at radius 1 is 1.10 bits per heavy atom. The molecule has 0 aliphatic carbocycles. The first-order valence-electron chi connectivity index (χ1n) is 6.62. The average Bonchev–Trinajstić information content (AvgIpc) is 3.04. The van der Waals surface area contributed by atoms with Crippen LogP contribution in [0, 0.1) is 0 Å². The SMILES string of the molecule is O[C@@]1(c2ccccc2)c2c(Cl)cccc2C2=NCCN21. The molecule has 0 unspecified atom stereocenters. The molecule has 0 bridgehead atoms. The van der Waals surface area contributed by atoms with E-state index in [4.69, 9.17) is 11.6 Å². The number of hydrogen-bond donors (Lipinski definition) is 1. The number of hydrogen-bond acceptors (Lipinski definition) is 3. The second-order valence-corrected chi connectivity index (χ2v) is 5.46. The molecule has 2 heterocycles. The molecule has 0 fully saturated rings. The molecule has 2 aromatic rings. The first-order chi connectivity index (χ1) is 9.73. The molecule has 0 saturated carbocycles. The number of amidine groups is 1. The van der Waals surface area contributed by atoms with Crippen molar-refractivity contribution in [3.05, 3.63) is 70.2 Å². The van der Waals surface area contributed by atoms with E-state index in [0.29, 0.717) is 18.1 Å². The molecule has 0 spiro atoms. The van der Waals surface area contributed by atoms with Crippen LogP contribution in [-0.2, 0) is 5.72 Å². The van der Waals surface area contributed by atoms with Crippen LogP contribution in [0.3, 0.4) is 0 Å². The topological polar surface area (TPSA) is 35.8 Å². The first kappa shape index (κ1) is 11.9. The summed E-state index contributed by atoms with van der Waals surface area (Å²) in [5.74, 6) is 0.842. The van der Waals surface area contributed by atoms with Crippen molar-refractivity contribution in [3.63, 3.8) is 0 Å². The fourth-order valence-electron chi connectivity index (χ4n) is 3.16. The zero-order valence-corrected chi connectivity index (χ0v) is 11.5. The van der Waals surface area contributed by atoms with Gasteiger partial charge in [0.2, 0.25) is 0 Å². The van der Waals surface area contributed by atoms with Crippen molar-refractivity contribution in [2.75, 3.05) is 13.1 Å². The van der Waals surface area contributed by atoms with Gasteiger partial charge in [-0.3, -0.25) is 4.99 Å². The van der Waals surface area contributed by atoms with E-state index in [1.165, 1.54) is 0 Å². The average molecular weight is 285 g/mol. The summed E-state index contributed by atoms with van der Waals surface area (Å²) < 4.78 is 0. The van der Waals surface area contributed by atoms with Gasteiger partial charge in [-0.2, -0.15) is 0 Å². The number of nitrogens with zero attached hydrogens (tertiary/aromatic N) is 2. The highest BCUT2D eigenvalue weighted by Gasteiger charge is 2.50. The lowest BCUT2D eigenvalue weighted by atomic mass is 9.93. The van der Waals surface area contributed by atoms with E-state index in [1.54, 1.807) is 0 Å². The minimum atomic E-state index is -1.22. The minimum absolute atomic E-state index is 0.575. The Hall–Kier alpha value is -1.84. The number of benzene rings is 2. The van der Waals surface area contributed by atoms with Crippen molar-refractivity contribution < 1.29 is 5.11 Å². The van der Waals surface area contributed by atoms with Gasteiger partial charge in [0.1, 0.15) is 5.84 Å². The number of aliphatic hydroxyl groups is 1. The van der Waals surface area contributed by atoms with Crippen LogP contribution in [0.25, 0.3) is 0 Å². The molecule has 3 nitrogen and oxygen atoms in total. The maximum atomic E-state index is 11.4. The maximum absolute atomic E-state index is 11.4. The Bertz CT molecular complexity index is 714. The van der Waals surface area contributed by atoms with Crippen molar-refractivity contribution in [2.24, 2.45) is 4.99 Å². The van der Waals surface area contributed by atoms with Gasteiger partial charge in [0, 0.05) is 28.3 Å². The Labute approximate surface area is 122 Å². The van der Waals surface area contributed by atoms with Gasteiger partial charge in [-0.05, 0) is 6.07 Å². The largest absolute Gasteiger partial charge is 0.363 e. The summed E-state index contributed by atoms with van der Waals surface area (Å²) in [4.78, 5) is 6.47.